The van der Waals surface area contributed by atoms with Crippen LogP contribution in [0.2, 0.25) is 0 Å². The Morgan fingerprint density at radius 2 is 0.413 bits per heavy atom. The van der Waals surface area contributed by atoms with Crippen LogP contribution in [0.15, 0.2) is 129 Å². The van der Waals surface area contributed by atoms with Gasteiger partial charge in [0.2, 0.25) is 0 Å². The van der Waals surface area contributed by atoms with Gasteiger partial charge in [-0.15, -0.1) is 68.0 Å². The smallest absolute Gasteiger partial charge is 0.266 e. The minimum absolute atomic E-state index is 0.0509. The molecule has 0 radical (unpaired) electrons. The van der Waals surface area contributed by atoms with Crippen molar-refractivity contribution in [3.05, 3.63) is 174 Å². The van der Waals surface area contributed by atoms with Crippen LogP contribution >= 0.6 is 68.0 Å². The number of nitrogens with zero attached hydrogens (tertiary/aromatic N) is 2. The highest BCUT2D eigenvalue weighted by Crippen LogP contribution is 2.69. The molecule has 12 heteroatoms. The third-order valence-corrected chi connectivity index (χ3v) is 31.4. The van der Waals surface area contributed by atoms with Gasteiger partial charge < -0.3 is 0 Å². The molecule has 0 unspecified atom stereocenters. The number of hydrogen-bond donors (Lipinski definition) is 0. The van der Waals surface area contributed by atoms with Crippen molar-refractivity contribution in [3.63, 3.8) is 0 Å². The molecule has 104 heavy (non-hydrogen) atoms. The van der Waals surface area contributed by atoms with Crippen molar-refractivity contribution in [1.82, 2.24) is 0 Å². The fraction of sp³-hybridized carbons (Fsp3) is 0.130. The van der Waals surface area contributed by atoms with Crippen LogP contribution < -0.4 is 9.80 Å². The molecule has 0 atom stereocenters. The summed E-state index contributed by atoms with van der Waals surface area (Å²) < 4.78 is 7.05. The van der Waals surface area contributed by atoms with Gasteiger partial charge in [-0.1, -0.05) is 91.8 Å². The lowest BCUT2D eigenvalue weighted by molar-refractivity contribution is 0.0877. The fourth-order valence-electron chi connectivity index (χ4n) is 22.1. The maximum absolute atomic E-state index is 16.5. The molecule has 8 heterocycles. The fourth-order valence-corrected chi connectivity index (χ4v) is 27.8. The summed E-state index contributed by atoms with van der Waals surface area (Å²) in [6, 6.07) is 35.7. The van der Waals surface area contributed by atoms with Crippen LogP contribution in [0, 0.1) is 0 Å². The van der Waals surface area contributed by atoms with E-state index in [1.54, 1.807) is 55.1 Å². The second-order valence-corrected chi connectivity index (χ2v) is 36.9. The summed E-state index contributed by atoms with van der Waals surface area (Å²) in [5, 5.41) is 58.4. The molecule has 0 aliphatic carbocycles. The van der Waals surface area contributed by atoms with Crippen molar-refractivity contribution >= 4 is 336 Å². The van der Waals surface area contributed by atoms with E-state index in [1.165, 1.54) is 149 Å². The largest absolute Gasteiger partial charge is 0.268 e. The molecular formula is C92H50N2O4S6. The maximum atomic E-state index is 16.5. The average molecular weight is 1440 g/mol. The number of rotatable bonds is 6. The second-order valence-electron chi connectivity index (χ2n) is 31.4. The van der Waals surface area contributed by atoms with Crippen molar-refractivity contribution in [2.75, 3.05) is 9.80 Å². The van der Waals surface area contributed by atoms with Gasteiger partial charge in [-0.05, 0) is 139 Å². The summed E-state index contributed by atoms with van der Waals surface area (Å²) >= 11 is 10.7. The molecule has 0 saturated carbocycles. The lowest BCUT2D eigenvalue weighted by atomic mass is 9.70. The number of para-hydroxylation sites is 2. The molecule has 6 nitrogen and oxygen atoms in total. The predicted octanol–water partition coefficient (Wildman–Crippen LogP) is 28.5. The zero-order valence-corrected chi connectivity index (χ0v) is 61.9. The molecule has 0 saturated heterocycles. The normalized spacial score (nSPS) is 14.9. The summed E-state index contributed by atoms with van der Waals surface area (Å²) in [6.07, 6.45) is 0. The molecule has 488 valence electrons. The first-order valence-electron chi connectivity index (χ1n) is 36.1. The van der Waals surface area contributed by atoms with Gasteiger partial charge in [0.25, 0.3) is 23.6 Å². The van der Waals surface area contributed by atoms with E-state index in [1.807, 2.05) is 22.7 Å². The van der Waals surface area contributed by atoms with Gasteiger partial charge in [0.15, 0.2) is 0 Å². The van der Waals surface area contributed by atoms with Gasteiger partial charge in [0.05, 0.1) is 11.4 Å². The number of benzene rings is 19. The van der Waals surface area contributed by atoms with Gasteiger partial charge >= 0.3 is 0 Å². The molecule has 27 rings (SSSR count). The highest BCUT2D eigenvalue weighted by molar-refractivity contribution is 7.21. The summed E-state index contributed by atoms with van der Waals surface area (Å²) in [6.45, 7) is 17.3. The predicted molar refractivity (Wildman–Crippen MR) is 451 cm³/mol. The molecule has 0 fully saturated rings. The summed E-state index contributed by atoms with van der Waals surface area (Å²) in [4.78, 5) is 69.0. The number of fused-ring (bicyclic) bond motifs is 22. The van der Waals surface area contributed by atoms with Gasteiger partial charge in [-0.3, -0.25) is 19.2 Å². The van der Waals surface area contributed by atoms with E-state index < -0.39 is 0 Å². The van der Waals surface area contributed by atoms with Crippen molar-refractivity contribution < 1.29 is 19.2 Å². The molecule has 4 amide bonds. The lowest BCUT2D eigenvalue weighted by Crippen LogP contribution is -2.42. The van der Waals surface area contributed by atoms with Crippen LogP contribution in [0.4, 0.5) is 11.4 Å². The monoisotopic (exact) mass is 1440 g/mol. The van der Waals surface area contributed by atoms with E-state index in [0.717, 1.165) is 117 Å². The zero-order chi connectivity index (χ0) is 68.7. The molecular weight excluding hydrogens is 1390 g/mol. The van der Waals surface area contributed by atoms with Crippen LogP contribution in [0.25, 0.3) is 233 Å². The molecule has 2 aliphatic heterocycles. The van der Waals surface area contributed by atoms with Crippen LogP contribution in [-0.2, 0) is 0 Å². The number of carbonyl (C=O) groups excluding carboxylic acids is 4. The van der Waals surface area contributed by atoms with E-state index >= 15 is 19.2 Å². The zero-order valence-electron chi connectivity index (χ0n) is 57.0. The Morgan fingerprint density at radius 3 is 0.673 bits per heavy atom. The topological polar surface area (TPSA) is 74.8 Å². The van der Waals surface area contributed by atoms with E-state index in [9.17, 15) is 0 Å². The number of amides is 4. The molecule has 0 bridgehead atoms. The quantitative estimate of drug-likeness (QED) is 0.0944. The van der Waals surface area contributed by atoms with E-state index in [-0.39, 0.29) is 47.3 Å². The lowest BCUT2D eigenvalue weighted by Gasteiger charge is -2.35. The van der Waals surface area contributed by atoms with Gasteiger partial charge in [-0.25, -0.2) is 9.80 Å². The second kappa shape index (κ2) is 17.7. The molecule has 25 aromatic rings. The first-order chi connectivity index (χ1) is 50.7. The average Bonchev–Trinajstić information content (AvgIpc) is 0.913. The van der Waals surface area contributed by atoms with E-state index in [4.69, 9.17) is 0 Å². The van der Waals surface area contributed by atoms with E-state index in [0.29, 0.717) is 22.3 Å². The van der Waals surface area contributed by atoms with Crippen molar-refractivity contribution in [2.24, 2.45) is 0 Å². The molecule has 0 N–H and O–H groups in total. The number of imide groups is 2. The number of thiophene rings is 6. The first kappa shape index (κ1) is 56.2. The van der Waals surface area contributed by atoms with Gasteiger partial charge in [0.1, 0.15) is 0 Å². The summed E-state index contributed by atoms with van der Waals surface area (Å²) in [5.74, 6) is -0.868. The summed E-state index contributed by atoms with van der Waals surface area (Å²) in [5.41, 5.74) is 7.70. The number of anilines is 2. The third-order valence-electron chi connectivity index (χ3n) is 25.7. The standard InChI is InChI=1S/C92H50N2O4S6/c1-31(2)35-11-9-12-36(32(3)4)81(35)93-89(95)49-27-45-61-65-53(49)51(91(93)97)29-47-63(65)69-59(41-17-23-101-85(41)47)79-77-72-58(44-20-26-103-87(44)79)56-40-16-22-100-84(40)46-28-50-54-52(92(98)94(90(50)96)82-37(33(5)6)13-10-14-38(82)34(7)8)30-48-64-66(54)62(46)68(56)74-70(64)60(42-18-24-102-86(42)48)80-78(76(72)74)71-57(43-19-25-104-88(43)80)55(39-15-21-99-83(39)45)67(61)73(69)75(71)77/h9-34H,1-8H3. The highest BCUT2D eigenvalue weighted by Gasteiger charge is 2.45. The first-order valence-corrected chi connectivity index (χ1v) is 41.4. The van der Waals surface area contributed by atoms with Gasteiger partial charge in [0, 0.05) is 255 Å². The van der Waals surface area contributed by atoms with Crippen LogP contribution in [0.5, 0.6) is 0 Å². The van der Waals surface area contributed by atoms with E-state index in [2.05, 4.69) is 185 Å². The Morgan fingerprint density at radius 1 is 0.221 bits per heavy atom. The summed E-state index contributed by atoms with van der Waals surface area (Å²) in [7, 11) is 0. The molecule has 2 aliphatic rings. The van der Waals surface area contributed by atoms with Crippen molar-refractivity contribution in [3.8, 4) is 0 Å². The minimum Gasteiger partial charge on any atom is -0.268 e. The highest BCUT2D eigenvalue weighted by atomic mass is 32.1. The maximum Gasteiger partial charge on any atom is 0.266 e. The van der Waals surface area contributed by atoms with Crippen LogP contribution in [-0.4, -0.2) is 23.6 Å². The van der Waals surface area contributed by atoms with Crippen LogP contribution in [0.1, 0.15) is 143 Å². The Balaban J connectivity index is 0.921. The Hall–Kier alpha value is -10.3. The molecule has 19 aromatic carbocycles. The Bertz CT molecular complexity index is 7520. The third kappa shape index (κ3) is 5.64. The van der Waals surface area contributed by atoms with Crippen molar-refractivity contribution in [2.45, 2.75) is 79.1 Å². The number of hydrogen-bond acceptors (Lipinski definition) is 10. The minimum atomic E-state index is -0.268. The Labute approximate surface area is 612 Å². The Kier molecular flexibility index (Phi) is 9.59. The van der Waals surface area contributed by atoms with Crippen molar-refractivity contribution in [1.29, 1.82) is 0 Å². The molecule has 0 spiro atoms. The molecule has 6 aromatic heterocycles. The van der Waals surface area contributed by atoms with Gasteiger partial charge in [-0.2, -0.15) is 0 Å². The van der Waals surface area contributed by atoms with Crippen LogP contribution in [0.3, 0.4) is 0 Å². The number of carbonyl (C=O) groups is 4. The SMILES string of the molecule is CC(C)c1cccc(C(C)C)c1N1C(=O)c2cc3c4sccc4c4c5c6ccsc6c6c7c8ccsc8c8cc9c%10c(cc%11c%12sccc%12c%12c%13c%14ccsc%14c%14c%15c%16ccsc%16c%16cc(c2c2c3c4c(c%15c%162)c2c5c6c(c%13c%142)c2c%12c%11c%10c8c72)C1=O)C(=O)N(c1c(C(C)C)cccc1C(C)C)C9=O.